The van der Waals surface area contributed by atoms with Gasteiger partial charge in [-0.05, 0) is 13.3 Å². The van der Waals surface area contributed by atoms with Crippen molar-refractivity contribution < 1.29 is 26.3 Å². The van der Waals surface area contributed by atoms with E-state index >= 15 is 0 Å². The molecule has 0 unspecified atom stereocenters. The lowest BCUT2D eigenvalue weighted by molar-refractivity contribution is -0.142. The van der Waals surface area contributed by atoms with E-state index in [1.807, 2.05) is 6.92 Å². The molecule has 0 amide bonds. The van der Waals surface area contributed by atoms with Crippen LogP contribution in [0.1, 0.15) is 26.0 Å². The highest BCUT2D eigenvalue weighted by molar-refractivity contribution is 8.13. The van der Waals surface area contributed by atoms with Gasteiger partial charge >= 0.3 is 6.18 Å². The number of alkyl halides is 3. The molecule has 0 aliphatic heterocycles. The Hall–Kier alpha value is -0.800. The van der Waals surface area contributed by atoms with Gasteiger partial charge in [-0.15, -0.1) is 0 Å². The quantitative estimate of drug-likeness (QED) is 0.750. The second-order valence-electron chi connectivity index (χ2n) is 4.22. The van der Waals surface area contributed by atoms with Crippen molar-refractivity contribution in [3.8, 4) is 0 Å². The van der Waals surface area contributed by atoms with Crippen LogP contribution in [0.4, 0.5) is 13.2 Å². The van der Waals surface area contributed by atoms with E-state index in [0.29, 0.717) is 11.1 Å². The summed E-state index contributed by atoms with van der Waals surface area (Å²) in [5, 5.41) is 3.58. The molecule has 1 aromatic rings. The number of halogens is 4. The first-order valence-electron chi connectivity index (χ1n) is 5.72. The molecule has 0 aliphatic rings. The number of hydrogen-bond donors (Lipinski definition) is 0. The lowest BCUT2D eigenvalue weighted by Gasteiger charge is -2.09. The van der Waals surface area contributed by atoms with Gasteiger partial charge < -0.3 is 4.74 Å². The van der Waals surface area contributed by atoms with Gasteiger partial charge in [-0.2, -0.15) is 18.3 Å². The van der Waals surface area contributed by atoms with E-state index < -0.39 is 26.7 Å². The number of aromatic nitrogens is 2. The molecule has 0 bridgehead atoms. The smallest absolute Gasteiger partial charge is 0.372 e. The Balaban J connectivity index is 3.02. The predicted octanol–water partition coefficient (Wildman–Crippen LogP) is 2.69. The molecule has 0 radical (unpaired) electrons. The SMILES string of the molecule is CC[C@H](C)OCc1nn(CC(F)(F)F)cc1S(=O)(=O)Cl. The minimum atomic E-state index is -4.51. The van der Waals surface area contributed by atoms with E-state index in [-0.39, 0.29) is 18.4 Å². The molecule has 0 saturated carbocycles. The monoisotopic (exact) mass is 334 g/mol. The lowest BCUT2D eigenvalue weighted by atomic mass is 10.3. The molecule has 1 heterocycles. The average molecular weight is 335 g/mol. The minimum Gasteiger partial charge on any atom is -0.372 e. The van der Waals surface area contributed by atoms with Gasteiger partial charge in [0.25, 0.3) is 9.05 Å². The second kappa shape index (κ2) is 6.31. The summed E-state index contributed by atoms with van der Waals surface area (Å²) >= 11 is 0. The Bertz CT molecular complexity index is 557. The maximum Gasteiger partial charge on any atom is 0.408 e. The summed E-state index contributed by atoms with van der Waals surface area (Å²) in [6.45, 7) is 1.99. The summed E-state index contributed by atoms with van der Waals surface area (Å²) < 4.78 is 65.2. The summed E-state index contributed by atoms with van der Waals surface area (Å²) in [6.07, 6.45) is -3.25. The molecule has 20 heavy (non-hydrogen) atoms. The number of nitrogens with zero attached hydrogens (tertiary/aromatic N) is 2. The third-order valence-corrected chi connectivity index (χ3v) is 3.85. The number of hydrogen-bond acceptors (Lipinski definition) is 4. The summed E-state index contributed by atoms with van der Waals surface area (Å²) in [5.74, 6) is 0. The zero-order valence-electron chi connectivity index (χ0n) is 10.8. The molecule has 0 aromatic carbocycles. The summed E-state index contributed by atoms with van der Waals surface area (Å²) in [7, 11) is 0.998. The Labute approximate surface area is 119 Å². The molecule has 1 rings (SSSR count). The molecule has 116 valence electrons. The van der Waals surface area contributed by atoms with Crippen LogP contribution in [0.2, 0.25) is 0 Å². The van der Waals surface area contributed by atoms with Crippen molar-refractivity contribution >= 4 is 19.7 Å². The highest BCUT2D eigenvalue weighted by Crippen LogP contribution is 2.23. The fourth-order valence-corrected chi connectivity index (χ4v) is 2.37. The summed E-state index contributed by atoms with van der Waals surface area (Å²) in [5.41, 5.74) is -0.135. The largest absolute Gasteiger partial charge is 0.408 e. The van der Waals surface area contributed by atoms with Gasteiger partial charge in [0.15, 0.2) is 0 Å². The fraction of sp³-hybridized carbons (Fsp3) is 0.700. The van der Waals surface area contributed by atoms with Crippen molar-refractivity contribution in [1.82, 2.24) is 9.78 Å². The Kier molecular flexibility index (Phi) is 5.45. The molecular weight excluding hydrogens is 321 g/mol. The fourth-order valence-electron chi connectivity index (χ4n) is 1.35. The third kappa shape index (κ3) is 5.29. The third-order valence-electron chi connectivity index (χ3n) is 2.48. The van der Waals surface area contributed by atoms with Gasteiger partial charge in [0.1, 0.15) is 17.1 Å². The standard InChI is InChI=1S/C10H14ClF3N2O3S/c1-3-7(2)19-5-8-9(20(11,17)18)4-16(15-8)6-10(12,13)14/h4,7H,3,5-6H2,1-2H3/t7-/m0/s1. The molecule has 1 aromatic heterocycles. The molecule has 0 aliphatic carbocycles. The second-order valence-corrected chi connectivity index (χ2v) is 6.75. The first-order valence-corrected chi connectivity index (χ1v) is 8.03. The zero-order chi connectivity index (χ0) is 15.6. The number of ether oxygens (including phenoxy) is 1. The maximum atomic E-state index is 12.3. The van der Waals surface area contributed by atoms with Crippen molar-refractivity contribution in [3.63, 3.8) is 0 Å². The Morgan fingerprint density at radius 2 is 2.10 bits per heavy atom. The van der Waals surface area contributed by atoms with E-state index in [1.165, 1.54) is 0 Å². The van der Waals surface area contributed by atoms with Crippen LogP contribution in [0.25, 0.3) is 0 Å². The maximum absolute atomic E-state index is 12.3. The van der Waals surface area contributed by atoms with Crippen molar-refractivity contribution in [2.24, 2.45) is 0 Å². The first-order chi connectivity index (χ1) is 9.03. The molecule has 0 N–H and O–H groups in total. The summed E-state index contributed by atoms with van der Waals surface area (Å²) in [6, 6.07) is 0. The van der Waals surface area contributed by atoms with E-state index in [0.717, 1.165) is 6.20 Å². The van der Waals surface area contributed by atoms with Crippen LogP contribution >= 0.6 is 10.7 Å². The first kappa shape index (κ1) is 17.3. The van der Waals surface area contributed by atoms with Crippen LogP contribution in [0, 0.1) is 0 Å². The van der Waals surface area contributed by atoms with E-state index in [1.54, 1.807) is 6.92 Å². The molecule has 0 spiro atoms. The van der Waals surface area contributed by atoms with E-state index in [4.69, 9.17) is 15.4 Å². The van der Waals surface area contributed by atoms with Crippen molar-refractivity contribution in [1.29, 1.82) is 0 Å². The predicted molar refractivity (Wildman–Crippen MR) is 65.9 cm³/mol. The zero-order valence-corrected chi connectivity index (χ0v) is 12.4. The van der Waals surface area contributed by atoms with Crippen LogP contribution in [0.5, 0.6) is 0 Å². The number of rotatable bonds is 6. The van der Waals surface area contributed by atoms with Gasteiger partial charge in [-0.25, -0.2) is 8.42 Å². The van der Waals surface area contributed by atoms with Gasteiger partial charge in [0.05, 0.1) is 12.7 Å². The van der Waals surface area contributed by atoms with Gasteiger partial charge in [-0.3, -0.25) is 4.68 Å². The van der Waals surface area contributed by atoms with E-state index in [2.05, 4.69) is 5.10 Å². The molecule has 1 atom stereocenters. The van der Waals surface area contributed by atoms with Crippen molar-refractivity contribution in [3.05, 3.63) is 11.9 Å². The molecule has 0 saturated heterocycles. The van der Waals surface area contributed by atoms with Crippen LogP contribution < -0.4 is 0 Å². The topological polar surface area (TPSA) is 61.2 Å². The highest BCUT2D eigenvalue weighted by atomic mass is 35.7. The highest BCUT2D eigenvalue weighted by Gasteiger charge is 2.30. The molecule has 0 fully saturated rings. The molecule has 5 nitrogen and oxygen atoms in total. The van der Waals surface area contributed by atoms with Crippen molar-refractivity contribution in [2.75, 3.05) is 0 Å². The van der Waals surface area contributed by atoms with E-state index in [9.17, 15) is 21.6 Å². The molecular formula is C10H14ClF3N2O3S. The molecule has 10 heteroatoms. The average Bonchev–Trinajstić information content (AvgIpc) is 2.66. The van der Waals surface area contributed by atoms with Gasteiger partial charge in [-0.1, -0.05) is 6.92 Å². The normalized spacial score (nSPS) is 14.5. The van der Waals surface area contributed by atoms with Crippen LogP contribution in [-0.4, -0.2) is 30.5 Å². The van der Waals surface area contributed by atoms with Gasteiger partial charge in [0, 0.05) is 16.9 Å². The van der Waals surface area contributed by atoms with Crippen LogP contribution in [0.3, 0.4) is 0 Å². The summed E-state index contributed by atoms with van der Waals surface area (Å²) in [4.78, 5) is -0.466. The van der Waals surface area contributed by atoms with Crippen LogP contribution in [-0.2, 0) is 26.9 Å². The minimum absolute atomic E-state index is 0.135. The lowest BCUT2D eigenvalue weighted by Crippen LogP contribution is -2.18. The van der Waals surface area contributed by atoms with Gasteiger partial charge in [0.2, 0.25) is 0 Å². The Morgan fingerprint density at radius 3 is 2.55 bits per heavy atom. The van der Waals surface area contributed by atoms with Crippen molar-refractivity contribution in [2.45, 2.75) is 50.6 Å². The Morgan fingerprint density at radius 1 is 1.50 bits per heavy atom. The van der Waals surface area contributed by atoms with Crippen LogP contribution in [0.15, 0.2) is 11.1 Å².